The summed E-state index contributed by atoms with van der Waals surface area (Å²) in [6.07, 6.45) is 2.85. The van der Waals surface area contributed by atoms with E-state index in [-0.39, 0.29) is 11.9 Å². The van der Waals surface area contributed by atoms with Crippen LogP contribution in [0.1, 0.15) is 42.7 Å². The van der Waals surface area contributed by atoms with Gasteiger partial charge in [0.15, 0.2) is 0 Å². The van der Waals surface area contributed by atoms with Crippen LogP contribution in [0, 0.1) is 0 Å². The van der Waals surface area contributed by atoms with Crippen molar-refractivity contribution in [3.8, 4) is 0 Å². The Hall–Kier alpha value is -1.95. The summed E-state index contributed by atoms with van der Waals surface area (Å²) in [4.78, 5) is 27.0. The van der Waals surface area contributed by atoms with E-state index in [2.05, 4.69) is 20.4 Å². The molecule has 1 atom stereocenters. The van der Waals surface area contributed by atoms with Crippen molar-refractivity contribution < 1.29 is 14.3 Å². The van der Waals surface area contributed by atoms with Crippen LogP contribution in [-0.2, 0) is 16.1 Å². The highest BCUT2D eigenvalue weighted by atomic mass is 16.5. The smallest absolute Gasteiger partial charge is 0.339 e. The molecule has 1 heterocycles. The van der Waals surface area contributed by atoms with Crippen LogP contribution in [0.25, 0.3) is 0 Å². The molecule has 0 saturated heterocycles. The molecule has 1 unspecified atom stereocenters. The van der Waals surface area contributed by atoms with Crippen molar-refractivity contribution in [1.29, 1.82) is 0 Å². The van der Waals surface area contributed by atoms with Gasteiger partial charge in [-0.25, -0.2) is 4.79 Å². The molecule has 0 radical (unpaired) electrons. The molecule has 1 aromatic rings. The lowest BCUT2D eigenvalue weighted by atomic mass is 10.2. The number of nitrogens with one attached hydrogen (secondary N) is 2. The topological polar surface area (TPSA) is 80.3 Å². The molecule has 0 spiro atoms. The third-order valence-electron chi connectivity index (χ3n) is 3.10. The molecule has 2 N–H and O–H groups in total. The first-order valence-corrected chi connectivity index (χ1v) is 7.10. The number of amides is 1. The second-order valence-corrected chi connectivity index (χ2v) is 4.83. The molecule has 0 saturated carbocycles. The minimum Gasteiger partial charge on any atom is -0.465 e. The Balaban J connectivity index is 2.27. The van der Waals surface area contributed by atoms with Gasteiger partial charge in [-0.1, -0.05) is 6.92 Å². The molecule has 0 aliphatic heterocycles. The van der Waals surface area contributed by atoms with Crippen LogP contribution < -0.4 is 10.6 Å². The highest BCUT2D eigenvalue weighted by Gasteiger charge is 2.06. The second kappa shape index (κ2) is 9.07. The highest BCUT2D eigenvalue weighted by molar-refractivity contribution is 5.88. The highest BCUT2D eigenvalue weighted by Crippen LogP contribution is 2.01. The molecule has 6 heteroatoms. The molecular formula is C15H23N3O3. The third kappa shape index (κ3) is 6.35. The fraction of sp³-hybridized carbons (Fsp3) is 0.533. The molecule has 1 amide bonds. The first kappa shape index (κ1) is 17.1. The van der Waals surface area contributed by atoms with Crippen molar-refractivity contribution in [2.45, 2.75) is 39.3 Å². The van der Waals surface area contributed by atoms with Gasteiger partial charge in [0.1, 0.15) is 0 Å². The van der Waals surface area contributed by atoms with Gasteiger partial charge in [0.2, 0.25) is 5.91 Å². The van der Waals surface area contributed by atoms with E-state index in [1.54, 1.807) is 12.1 Å². The maximum absolute atomic E-state index is 11.6. The summed E-state index contributed by atoms with van der Waals surface area (Å²) in [6, 6.07) is 3.65. The monoisotopic (exact) mass is 293 g/mol. The number of rotatable bonds is 8. The number of carbonyl (C=O) groups excluding carboxylic acids is 2. The zero-order valence-corrected chi connectivity index (χ0v) is 12.8. The predicted octanol–water partition coefficient (Wildman–Crippen LogP) is 1.26. The van der Waals surface area contributed by atoms with E-state index in [1.807, 2.05) is 13.8 Å². The van der Waals surface area contributed by atoms with Gasteiger partial charge in [-0.2, -0.15) is 0 Å². The van der Waals surface area contributed by atoms with Crippen LogP contribution >= 0.6 is 0 Å². The number of ether oxygens (including phenoxy) is 1. The Labute approximate surface area is 125 Å². The summed E-state index contributed by atoms with van der Waals surface area (Å²) < 4.78 is 4.60. The molecule has 0 aromatic carbocycles. The molecule has 1 rings (SSSR count). The first-order valence-electron chi connectivity index (χ1n) is 7.10. The van der Waals surface area contributed by atoms with Crippen molar-refractivity contribution in [2.75, 3.05) is 13.7 Å². The summed E-state index contributed by atoms with van der Waals surface area (Å²) in [6.45, 7) is 5.16. The van der Waals surface area contributed by atoms with Crippen LogP contribution in [-0.4, -0.2) is 36.6 Å². The largest absolute Gasteiger partial charge is 0.465 e. The number of esters is 1. The average Bonchev–Trinajstić information content (AvgIpc) is 2.51. The Morgan fingerprint density at radius 3 is 2.71 bits per heavy atom. The number of methoxy groups -OCH3 is 1. The normalized spacial score (nSPS) is 11.8. The van der Waals surface area contributed by atoms with E-state index in [0.717, 1.165) is 12.1 Å². The van der Waals surface area contributed by atoms with Crippen molar-refractivity contribution >= 4 is 11.9 Å². The standard InChI is InChI=1S/C15H23N3O3/c1-4-11(2)18-14(19)7-8-16-10-13-6-5-12(9-17-13)15(20)21-3/h5-6,9,11,16H,4,7-8,10H2,1-3H3,(H,18,19). The molecule has 116 valence electrons. The summed E-state index contributed by atoms with van der Waals surface area (Å²) >= 11 is 0. The van der Waals surface area contributed by atoms with E-state index in [4.69, 9.17) is 0 Å². The molecule has 6 nitrogen and oxygen atoms in total. The minimum absolute atomic E-state index is 0.0471. The van der Waals surface area contributed by atoms with Crippen LogP contribution in [0.5, 0.6) is 0 Å². The number of nitrogens with zero attached hydrogens (tertiary/aromatic N) is 1. The maximum Gasteiger partial charge on any atom is 0.339 e. The Morgan fingerprint density at radius 1 is 1.38 bits per heavy atom. The fourth-order valence-electron chi connectivity index (χ4n) is 1.64. The number of hydrogen-bond donors (Lipinski definition) is 2. The first-order chi connectivity index (χ1) is 10.1. The van der Waals surface area contributed by atoms with E-state index in [9.17, 15) is 9.59 Å². The van der Waals surface area contributed by atoms with Crippen LogP contribution in [0.2, 0.25) is 0 Å². The Bertz CT molecular complexity index is 460. The van der Waals surface area contributed by atoms with Gasteiger partial charge in [0, 0.05) is 31.7 Å². The quantitative estimate of drug-likeness (QED) is 0.557. The molecule has 0 aliphatic rings. The number of carbonyl (C=O) groups is 2. The summed E-state index contributed by atoms with van der Waals surface area (Å²) in [5.74, 6) is -0.352. The van der Waals surface area contributed by atoms with Crippen LogP contribution in [0.3, 0.4) is 0 Å². The van der Waals surface area contributed by atoms with Crippen molar-refractivity contribution in [3.63, 3.8) is 0 Å². The molecule has 0 aliphatic carbocycles. The van der Waals surface area contributed by atoms with Crippen molar-refractivity contribution in [3.05, 3.63) is 29.6 Å². The van der Waals surface area contributed by atoms with Gasteiger partial charge in [-0.15, -0.1) is 0 Å². The maximum atomic E-state index is 11.6. The van der Waals surface area contributed by atoms with Gasteiger partial charge < -0.3 is 15.4 Å². The zero-order chi connectivity index (χ0) is 15.7. The van der Waals surface area contributed by atoms with Crippen LogP contribution in [0.4, 0.5) is 0 Å². The van der Waals surface area contributed by atoms with Gasteiger partial charge in [0.05, 0.1) is 18.4 Å². The van der Waals surface area contributed by atoms with E-state index in [1.165, 1.54) is 13.3 Å². The van der Waals surface area contributed by atoms with Crippen molar-refractivity contribution in [2.24, 2.45) is 0 Å². The van der Waals surface area contributed by atoms with E-state index >= 15 is 0 Å². The Morgan fingerprint density at radius 2 is 2.14 bits per heavy atom. The summed E-state index contributed by atoms with van der Waals surface area (Å²) in [5, 5.41) is 6.06. The SMILES string of the molecule is CCC(C)NC(=O)CCNCc1ccc(C(=O)OC)cn1. The average molecular weight is 293 g/mol. The molecular weight excluding hydrogens is 270 g/mol. The van der Waals surface area contributed by atoms with Gasteiger partial charge >= 0.3 is 5.97 Å². The Kier molecular flexibility index (Phi) is 7.39. The lowest BCUT2D eigenvalue weighted by molar-refractivity contribution is -0.121. The molecule has 0 fully saturated rings. The molecule has 21 heavy (non-hydrogen) atoms. The molecule has 0 bridgehead atoms. The van der Waals surface area contributed by atoms with Gasteiger partial charge in [-0.3, -0.25) is 9.78 Å². The lowest BCUT2D eigenvalue weighted by Gasteiger charge is -2.11. The number of aromatic nitrogens is 1. The summed E-state index contributed by atoms with van der Waals surface area (Å²) in [7, 11) is 1.34. The third-order valence-corrected chi connectivity index (χ3v) is 3.10. The van der Waals surface area contributed by atoms with E-state index in [0.29, 0.717) is 25.1 Å². The van der Waals surface area contributed by atoms with Crippen molar-refractivity contribution in [1.82, 2.24) is 15.6 Å². The number of pyridine rings is 1. The predicted molar refractivity (Wildman–Crippen MR) is 79.8 cm³/mol. The lowest BCUT2D eigenvalue weighted by Crippen LogP contribution is -2.33. The second-order valence-electron chi connectivity index (χ2n) is 4.83. The van der Waals surface area contributed by atoms with Gasteiger partial charge in [-0.05, 0) is 25.5 Å². The van der Waals surface area contributed by atoms with Gasteiger partial charge in [0.25, 0.3) is 0 Å². The van der Waals surface area contributed by atoms with E-state index < -0.39 is 5.97 Å². The fourth-order valence-corrected chi connectivity index (χ4v) is 1.64. The minimum atomic E-state index is -0.399. The van der Waals surface area contributed by atoms with Crippen LogP contribution in [0.15, 0.2) is 18.3 Å². The number of hydrogen-bond acceptors (Lipinski definition) is 5. The zero-order valence-electron chi connectivity index (χ0n) is 12.8. The molecule has 1 aromatic heterocycles. The summed E-state index contributed by atoms with van der Waals surface area (Å²) in [5.41, 5.74) is 1.24.